The summed E-state index contributed by atoms with van der Waals surface area (Å²) in [5.74, 6) is 0. The van der Waals surface area contributed by atoms with Crippen molar-refractivity contribution in [3.8, 4) is 0 Å². The predicted octanol–water partition coefficient (Wildman–Crippen LogP) is 4.13. The lowest BCUT2D eigenvalue weighted by atomic mass is 9.95. The molecule has 2 heteroatoms. The topological polar surface area (TPSA) is 39.2 Å². The minimum atomic E-state index is 0.706. The largest absolute Gasteiger partial charge is 0.454 e. The molecule has 88 valence electrons. The minimum Gasteiger partial charge on any atom is -0.454 e. The van der Waals surface area contributed by atoms with Gasteiger partial charge < -0.3 is 10.2 Å². The maximum absolute atomic E-state index is 5.97. The van der Waals surface area contributed by atoms with Gasteiger partial charge in [0, 0.05) is 10.8 Å². The lowest BCUT2D eigenvalue weighted by Crippen LogP contribution is -1.92. The molecule has 1 aliphatic rings. The van der Waals surface area contributed by atoms with E-state index in [9.17, 15) is 0 Å². The molecule has 1 aliphatic carbocycles. The van der Waals surface area contributed by atoms with Crippen molar-refractivity contribution >= 4 is 33.7 Å². The molecule has 1 heterocycles. The van der Waals surface area contributed by atoms with Crippen LogP contribution in [0.25, 0.3) is 28.0 Å². The van der Waals surface area contributed by atoms with Crippen LogP contribution in [0.15, 0.2) is 40.8 Å². The molecule has 4 rings (SSSR count). The fraction of sp³-hybridized carbons (Fsp3) is 0.125. The van der Waals surface area contributed by atoms with Gasteiger partial charge in [-0.2, -0.15) is 0 Å². The molecule has 0 unspecified atom stereocenters. The minimum absolute atomic E-state index is 0.706. The van der Waals surface area contributed by atoms with E-state index in [2.05, 4.69) is 30.4 Å². The highest BCUT2D eigenvalue weighted by Crippen LogP contribution is 2.35. The quantitative estimate of drug-likeness (QED) is 0.595. The highest BCUT2D eigenvalue weighted by molar-refractivity contribution is 6.09. The van der Waals surface area contributed by atoms with Gasteiger partial charge in [0.1, 0.15) is 5.58 Å². The summed E-state index contributed by atoms with van der Waals surface area (Å²) in [6.45, 7) is 0. The Morgan fingerprint density at radius 3 is 3.00 bits per heavy atom. The van der Waals surface area contributed by atoms with Gasteiger partial charge >= 0.3 is 0 Å². The summed E-state index contributed by atoms with van der Waals surface area (Å²) in [6, 6.07) is 10.3. The summed E-state index contributed by atoms with van der Waals surface area (Å²) in [5, 5.41) is 2.29. The molecule has 2 aromatic carbocycles. The van der Waals surface area contributed by atoms with Gasteiger partial charge in [0.2, 0.25) is 0 Å². The van der Waals surface area contributed by atoms with E-state index in [1.54, 1.807) is 0 Å². The normalized spacial score (nSPS) is 14.2. The first kappa shape index (κ1) is 9.77. The lowest BCUT2D eigenvalue weighted by molar-refractivity contribution is 0.670. The molecular weight excluding hydrogens is 222 g/mol. The molecule has 1 aromatic heterocycles. The Bertz CT molecular complexity index is 796. The zero-order valence-corrected chi connectivity index (χ0v) is 9.94. The van der Waals surface area contributed by atoms with E-state index in [0.717, 1.165) is 29.4 Å². The molecule has 0 saturated carbocycles. The van der Waals surface area contributed by atoms with Crippen LogP contribution >= 0.6 is 0 Å². The molecular formula is C16H13NO. The van der Waals surface area contributed by atoms with Crippen LogP contribution in [0.5, 0.6) is 0 Å². The van der Waals surface area contributed by atoms with Crippen molar-refractivity contribution < 1.29 is 4.42 Å². The average Bonchev–Trinajstić information content (AvgIpc) is 2.76. The maximum Gasteiger partial charge on any atom is 0.158 e. The number of anilines is 1. The van der Waals surface area contributed by atoms with Crippen molar-refractivity contribution in [2.45, 2.75) is 12.8 Å². The Morgan fingerprint density at radius 2 is 2.06 bits per heavy atom. The van der Waals surface area contributed by atoms with Gasteiger partial charge in [0.15, 0.2) is 5.58 Å². The Hall–Kier alpha value is -2.22. The molecule has 2 nitrogen and oxygen atoms in total. The standard InChI is InChI=1S/C16H13NO/c17-14-7-3-6-12-13-8-10-4-1-2-5-11(10)9-15(13)18-16(12)14/h2-3,5-9H,1,4,17H2. The van der Waals surface area contributed by atoms with Crippen molar-refractivity contribution in [3.05, 3.63) is 47.5 Å². The molecule has 0 aliphatic heterocycles. The van der Waals surface area contributed by atoms with E-state index in [-0.39, 0.29) is 0 Å². The molecule has 0 spiro atoms. The fourth-order valence-corrected chi connectivity index (χ4v) is 2.75. The number of para-hydroxylation sites is 1. The van der Waals surface area contributed by atoms with Crippen LogP contribution in [0.4, 0.5) is 5.69 Å². The van der Waals surface area contributed by atoms with Crippen molar-refractivity contribution in [2.24, 2.45) is 0 Å². The number of aryl methyl sites for hydroxylation is 1. The number of furan rings is 1. The smallest absolute Gasteiger partial charge is 0.158 e. The predicted molar refractivity (Wildman–Crippen MR) is 75.5 cm³/mol. The Kier molecular flexibility index (Phi) is 1.84. The summed E-state index contributed by atoms with van der Waals surface area (Å²) in [4.78, 5) is 0. The van der Waals surface area contributed by atoms with Gasteiger partial charge in [-0.05, 0) is 42.2 Å². The number of benzene rings is 2. The number of hydrogen-bond acceptors (Lipinski definition) is 2. The Morgan fingerprint density at radius 1 is 1.11 bits per heavy atom. The summed E-state index contributed by atoms with van der Waals surface area (Å²) in [5.41, 5.74) is 11.1. The van der Waals surface area contributed by atoms with Crippen LogP contribution in [0.3, 0.4) is 0 Å². The molecule has 18 heavy (non-hydrogen) atoms. The third-order valence-corrected chi connectivity index (χ3v) is 3.67. The third-order valence-electron chi connectivity index (χ3n) is 3.67. The molecule has 0 atom stereocenters. The van der Waals surface area contributed by atoms with Crippen LogP contribution in [0, 0.1) is 0 Å². The second-order valence-electron chi connectivity index (χ2n) is 4.81. The molecule has 0 saturated heterocycles. The van der Waals surface area contributed by atoms with Crippen LogP contribution in [0.2, 0.25) is 0 Å². The van der Waals surface area contributed by atoms with Crippen LogP contribution in [-0.2, 0) is 6.42 Å². The number of fused-ring (bicyclic) bond motifs is 4. The Balaban J connectivity index is 2.16. The molecule has 0 bridgehead atoms. The van der Waals surface area contributed by atoms with Crippen LogP contribution in [-0.4, -0.2) is 0 Å². The van der Waals surface area contributed by atoms with E-state index in [1.165, 1.54) is 16.5 Å². The number of rotatable bonds is 0. The summed E-state index contributed by atoms with van der Waals surface area (Å²) < 4.78 is 5.89. The van der Waals surface area contributed by atoms with Crippen molar-refractivity contribution in [2.75, 3.05) is 5.73 Å². The first-order valence-corrected chi connectivity index (χ1v) is 6.23. The number of nitrogens with two attached hydrogens (primary N) is 1. The van der Waals surface area contributed by atoms with Crippen LogP contribution in [0.1, 0.15) is 17.5 Å². The molecule has 2 N–H and O–H groups in total. The van der Waals surface area contributed by atoms with E-state index in [4.69, 9.17) is 10.2 Å². The van der Waals surface area contributed by atoms with Gasteiger partial charge in [-0.25, -0.2) is 0 Å². The highest BCUT2D eigenvalue weighted by atomic mass is 16.3. The first-order valence-electron chi connectivity index (χ1n) is 6.23. The third kappa shape index (κ3) is 1.23. The SMILES string of the molecule is Nc1cccc2c1oc1cc3c(cc12)CCC=C3. The van der Waals surface area contributed by atoms with Gasteiger partial charge in [-0.1, -0.05) is 24.3 Å². The second-order valence-corrected chi connectivity index (χ2v) is 4.81. The van der Waals surface area contributed by atoms with Gasteiger partial charge in [0.25, 0.3) is 0 Å². The Labute approximate surface area is 105 Å². The van der Waals surface area contributed by atoms with Gasteiger partial charge in [0.05, 0.1) is 5.69 Å². The average molecular weight is 235 g/mol. The second kappa shape index (κ2) is 3.39. The number of allylic oxidation sites excluding steroid dienone is 1. The molecule has 3 aromatic rings. The molecule has 0 amide bonds. The monoisotopic (exact) mass is 235 g/mol. The molecule has 0 radical (unpaired) electrons. The first-order chi connectivity index (χ1) is 8.83. The van der Waals surface area contributed by atoms with E-state index in [1.807, 2.05) is 12.1 Å². The summed E-state index contributed by atoms with van der Waals surface area (Å²) >= 11 is 0. The van der Waals surface area contributed by atoms with E-state index < -0.39 is 0 Å². The zero-order chi connectivity index (χ0) is 12.1. The maximum atomic E-state index is 5.97. The zero-order valence-electron chi connectivity index (χ0n) is 9.94. The lowest BCUT2D eigenvalue weighted by Gasteiger charge is -2.09. The van der Waals surface area contributed by atoms with E-state index in [0.29, 0.717) is 5.69 Å². The van der Waals surface area contributed by atoms with Gasteiger partial charge in [-0.15, -0.1) is 0 Å². The van der Waals surface area contributed by atoms with Crippen molar-refractivity contribution in [1.29, 1.82) is 0 Å². The summed E-state index contributed by atoms with van der Waals surface area (Å²) in [7, 11) is 0. The number of hydrogen-bond donors (Lipinski definition) is 1. The van der Waals surface area contributed by atoms with Crippen LogP contribution < -0.4 is 5.73 Å². The van der Waals surface area contributed by atoms with Gasteiger partial charge in [-0.3, -0.25) is 0 Å². The highest BCUT2D eigenvalue weighted by Gasteiger charge is 2.13. The van der Waals surface area contributed by atoms with Crippen molar-refractivity contribution in [3.63, 3.8) is 0 Å². The molecule has 0 fully saturated rings. The summed E-state index contributed by atoms with van der Waals surface area (Å²) in [6.07, 6.45) is 6.62. The van der Waals surface area contributed by atoms with E-state index >= 15 is 0 Å². The van der Waals surface area contributed by atoms with Crippen molar-refractivity contribution in [1.82, 2.24) is 0 Å². The number of nitrogen functional groups attached to an aromatic ring is 1. The fourth-order valence-electron chi connectivity index (χ4n) is 2.75.